The van der Waals surface area contributed by atoms with Gasteiger partial charge in [-0.1, -0.05) is 15.9 Å². The average Bonchev–Trinajstić information content (AvgIpc) is 2.26. The molecule has 0 bridgehead atoms. The van der Waals surface area contributed by atoms with E-state index in [9.17, 15) is 4.79 Å². The molecular weight excluding hydrogens is 266 g/mol. The second-order valence-electron chi connectivity index (χ2n) is 3.31. The molecule has 1 fully saturated rings. The van der Waals surface area contributed by atoms with Gasteiger partial charge in [-0.25, -0.2) is 0 Å². The molecule has 1 rings (SSSR count). The van der Waals surface area contributed by atoms with E-state index < -0.39 is 0 Å². The number of carbonyl (C=O) groups is 1. The standard InChI is InChI=1S/C9H16BrNO2S/c1-13-9(12)8(10)5-11-7-3-2-4-14-6-7/h7-8,11H,2-6H2,1H3. The first-order valence-electron chi connectivity index (χ1n) is 4.77. The lowest BCUT2D eigenvalue weighted by atomic mass is 10.2. The summed E-state index contributed by atoms with van der Waals surface area (Å²) in [5, 5.41) is 3.37. The number of thioether (sulfide) groups is 1. The van der Waals surface area contributed by atoms with E-state index in [0.29, 0.717) is 12.6 Å². The van der Waals surface area contributed by atoms with Gasteiger partial charge in [0.25, 0.3) is 0 Å². The summed E-state index contributed by atoms with van der Waals surface area (Å²) in [5.74, 6) is 2.22. The number of hydrogen-bond donors (Lipinski definition) is 1. The number of carbonyl (C=O) groups excluding carboxylic acids is 1. The molecule has 2 unspecified atom stereocenters. The summed E-state index contributed by atoms with van der Waals surface area (Å²) in [6.07, 6.45) is 2.49. The van der Waals surface area contributed by atoms with E-state index >= 15 is 0 Å². The molecule has 1 saturated heterocycles. The van der Waals surface area contributed by atoms with Crippen LogP contribution in [0.25, 0.3) is 0 Å². The third kappa shape index (κ3) is 4.19. The lowest BCUT2D eigenvalue weighted by Crippen LogP contribution is -2.39. The number of hydrogen-bond acceptors (Lipinski definition) is 4. The number of rotatable bonds is 4. The molecule has 1 heterocycles. The summed E-state index contributed by atoms with van der Waals surface area (Å²) in [5.41, 5.74) is 0. The molecule has 14 heavy (non-hydrogen) atoms. The van der Waals surface area contributed by atoms with Crippen LogP contribution in [0.15, 0.2) is 0 Å². The quantitative estimate of drug-likeness (QED) is 0.625. The van der Waals surface area contributed by atoms with Gasteiger partial charge in [0.2, 0.25) is 0 Å². The first-order chi connectivity index (χ1) is 6.74. The molecule has 1 aliphatic rings. The van der Waals surface area contributed by atoms with Crippen molar-refractivity contribution in [2.45, 2.75) is 23.7 Å². The fraction of sp³-hybridized carbons (Fsp3) is 0.889. The van der Waals surface area contributed by atoms with E-state index in [4.69, 9.17) is 0 Å². The molecule has 0 aliphatic carbocycles. The van der Waals surface area contributed by atoms with Gasteiger partial charge in [0.1, 0.15) is 4.83 Å². The largest absolute Gasteiger partial charge is 0.468 e. The molecule has 0 aromatic heterocycles. The van der Waals surface area contributed by atoms with Crippen molar-refractivity contribution in [3.63, 3.8) is 0 Å². The lowest BCUT2D eigenvalue weighted by molar-refractivity contribution is -0.139. The fourth-order valence-corrected chi connectivity index (χ4v) is 2.86. The highest BCUT2D eigenvalue weighted by Crippen LogP contribution is 2.17. The van der Waals surface area contributed by atoms with Crippen LogP contribution in [-0.4, -0.2) is 42.0 Å². The van der Waals surface area contributed by atoms with Crippen LogP contribution in [0.2, 0.25) is 0 Å². The average molecular weight is 282 g/mol. The third-order valence-electron chi connectivity index (χ3n) is 2.20. The summed E-state index contributed by atoms with van der Waals surface area (Å²) < 4.78 is 4.62. The molecule has 82 valence electrons. The Bertz CT molecular complexity index is 186. The van der Waals surface area contributed by atoms with Crippen LogP contribution >= 0.6 is 27.7 Å². The number of nitrogens with one attached hydrogen (secondary N) is 1. The first kappa shape index (κ1) is 12.3. The molecule has 0 aromatic rings. The minimum Gasteiger partial charge on any atom is -0.468 e. The molecule has 5 heteroatoms. The topological polar surface area (TPSA) is 38.3 Å². The number of ether oxygens (including phenoxy) is 1. The highest BCUT2D eigenvalue weighted by atomic mass is 79.9. The Balaban J connectivity index is 2.15. The Kier molecular flexibility index (Phi) is 5.89. The van der Waals surface area contributed by atoms with E-state index in [1.54, 1.807) is 0 Å². The zero-order chi connectivity index (χ0) is 10.4. The molecule has 0 aromatic carbocycles. The fourth-order valence-electron chi connectivity index (χ4n) is 1.38. The zero-order valence-corrected chi connectivity index (χ0v) is 10.7. The monoisotopic (exact) mass is 281 g/mol. The van der Waals surface area contributed by atoms with Crippen molar-refractivity contribution in [2.24, 2.45) is 0 Å². The zero-order valence-electron chi connectivity index (χ0n) is 8.29. The molecule has 0 saturated carbocycles. The minimum atomic E-state index is -0.223. The molecular formula is C9H16BrNO2S. The van der Waals surface area contributed by atoms with Crippen LogP contribution in [-0.2, 0) is 9.53 Å². The first-order valence-corrected chi connectivity index (χ1v) is 6.84. The molecule has 0 amide bonds. The highest BCUT2D eigenvalue weighted by molar-refractivity contribution is 9.10. The van der Waals surface area contributed by atoms with E-state index in [1.165, 1.54) is 25.7 Å². The van der Waals surface area contributed by atoms with Gasteiger partial charge in [0.05, 0.1) is 7.11 Å². The number of methoxy groups -OCH3 is 1. The second kappa shape index (κ2) is 6.69. The molecule has 1 N–H and O–H groups in total. The highest BCUT2D eigenvalue weighted by Gasteiger charge is 2.18. The van der Waals surface area contributed by atoms with Gasteiger partial charge >= 0.3 is 5.97 Å². The Morgan fingerprint density at radius 1 is 1.79 bits per heavy atom. The minimum absolute atomic E-state index is 0.207. The van der Waals surface area contributed by atoms with E-state index in [-0.39, 0.29) is 10.8 Å². The van der Waals surface area contributed by atoms with Crippen molar-refractivity contribution in [1.29, 1.82) is 0 Å². The Hall–Kier alpha value is 0.260. The predicted molar refractivity (Wildman–Crippen MR) is 63.1 cm³/mol. The van der Waals surface area contributed by atoms with Crippen molar-refractivity contribution in [2.75, 3.05) is 25.2 Å². The number of esters is 1. The number of alkyl halides is 1. The van der Waals surface area contributed by atoms with Crippen molar-refractivity contribution >= 4 is 33.7 Å². The maximum atomic E-state index is 11.1. The third-order valence-corrected chi connectivity index (χ3v) is 4.12. The lowest BCUT2D eigenvalue weighted by Gasteiger charge is -2.23. The smallest absolute Gasteiger partial charge is 0.320 e. The van der Waals surface area contributed by atoms with Crippen molar-refractivity contribution in [1.82, 2.24) is 5.32 Å². The maximum Gasteiger partial charge on any atom is 0.320 e. The van der Waals surface area contributed by atoms with Crippen LogP contribution in [0.3, 0.4) is 0 Å². The Labute approximate surface area is 97.5 Å². The molecule has 0 radical (unpaired) electrons. The van der Waals surface area contributed by atoms with Crippen molar-refractivity contribution in [3.05, 3.63) is 0 Å². The van der Waals surface area contributed by atoms with Crippen LogP contribution in [0.4, 0.5) is 0 Å². The van der Waals surface area contributed by atoms with Gasteiger partial charge in [-0.2, -0.15) is 11.8 Å². The van der Waals surface area contributed by atoms with Crippen LogP contribution < -0.4 is 5.32 Å². The Morgan fingerprint density at radius 3 is 3.14 bits per heavy atom. The van der Waals surface area contributed by atoms with E-state index in [2.05, 4.69) is 26.0 Å². The summed E-state index contributed by atoms with van der Waals surface area (Å²) >= 11 is 5.26. The second-order valence-corrected chi connectivity index (χ2v) is 5.57. The molecule has 1 aliphatic heterocycles. The number of halogens is 1. The van der Waals surface area contributed by atoms with E-state index in [0.717, 1.165) is 5.75 Å². The van der Waals surface area contributed by atoms with Crippen LogP contribution in [0.5, 0.6) is 0 Å². The maximum absolute atomic E-state index is 11.1. The normalized spacial score (nSPS) is 24.3. The molecule has 3 nitrogen and oxygen atoms in total. The van der Waals surface area contributed by atoms with Gasteiger partial charge < -0.3 is 10.1 Å². The van der Waals surface area contributed by atoms with Crippen LogP contribution in [0.1, 0.15) is 12.8 Å². The SMILES string of the molecule is COC(=O)C(Br)CNC1CCCSC1. The van der Waals surface area contributed by atoms with E-state index in [1.807, 2.05) is 11.8 Å². The summed E-state index contributed by atoms with van der Waals surface area (Å²) in [6.45, 7) is 0.651. The van der Waals surface area contributed by atoms with Crippen molar-refractivity contribution in [3.8, 4) is 0 Å². The predicted octanol–water partition coefficient (Wildman–Crippen LogP) is 1.41. The van der Waals surface area contributed by atoms with Crippen LogP contribution in [0, 0.1) is 0 Å². The Morgan fingerprint density at radius 2 is 2.57 bits per heavy atom. The van der Waals surface area contributed by atoms with Gasteiger partial charge in [0.15, 0.2) is 0 Å². The summed E-state index contributed by atoms with van der Waals surface area (Å²) in [4.78, 5) is 10.8. The summed E-state index contributed by atoms with van der Waals surface area (Å²) in [7, 11) is 1.41. The van der Waals surface area contributed by atoms with Gasteiger partial charge in [-0.05, 0) is 18.6 Å². The van der Waals surface area contributed by atoms with Gasteiger partial charge in [0, 0.05) is 18.3 Å². The van der Waals surface area contributed by atoms with Gasteiger partial charge in [-0.3, -0.25) is 4.79 Å². The van der Waals surface area contributed by atoms with Gasteiger partial charge in [-0.15, -0.1) is 0 Å². The van der Waals surface area contributed by atoms with Crippen molar-refractivity contribution < 1.29 is 9.53 Å². The molecule has 2 atom stereocenters. The summed E-state index contributed by atoms with van der Waals surface area (Å²) in [6, 6.07) is 0.554. The molecule has 0 spiro atoms.